The topological polar surface area (TPSA) is 46.2 Å². The fourth-order valence-electron chi connectivity index (χ4n) is 4.72. The zero-order valence-corrected chi connectivity index (χ0v) is 14.4. The lowest BCUT2D eigenvalue weighted by Gasteiger charge is -2.41. The van der Waals surface area contributed by atoms with E-state index >= 15 is 0 Å². The van der Waals surface area contributed by atoms with E-state index in [1.165, 1.54) is 30.4 Å². The van der Waals surface area contributed by atoms with Crippen molar-refractivity contribution in [1.29, 1.82) is 0 Å². The van der Waals surface area contributed by atoms with E-state index in [0.717, 1.165) is 35.0 Å². The molecule has 0 spiro atoms. The highest BCUT2D eigenvalue weighted by molar-refractivity contribution is 5.55. The van der Waals surface area contributed by atoms with Gasteiger partial charge in [0.2, 0.25) is 13.6 Å². The maximum absolute atomic E-state index is 6.63. The third-order valence-electron chi connectivity index (χ3n) is 5.97. The zero-order chi connectivity index (χ0) is 17.1. The molecule has 0 unspecified atom stereocenters. The van der Waals surface area contributed by atoms with E-state index in [-0.39, 0.29) is 19.0 Å². The first-order chi connectivity index (χ1) is 12.9. The van der Waals surface area contributed by atoms with Gasteiger partial charge in [-0.1, -0.05) is 18.9 Å². The Morgan fingerprint density at radius 2 is 1.38 bits per heavy atom. The second-order valence-corrected chi connectivity index (χ2v) is 7.39. The first-order valence-electron chi connectivity index (χ1n) is 9.35. The molecule has 5 nitrogen and oxygen atoms in total. The number of ether oxygens (including phenoxy) is 5. The van der Waals surface area contributed by atoms with E-state index in [0.29, 0.717) is 12.7 Å². The predicted octanol–water partition coefficient (Wildman–Crippen LogP) is 4.29. The van der Waals surface area contributed by atoms with Gasteiger partial charge in [-0.25, -0.2) is 0 Å². The van der Waals surface area contributed by atoms with Crippen LogP contribution in [-0.2, 0) is 4.74 Å². The second kappa shape index (κ2) is 5.55. The van der Waals surface area contributed by atoms with Gasteiger partial charge in [0.1, 0.15) is 6.10 Å². The summed E-state index contributed by atoms with van der Waals surface area (Å²) in [5, 5.41) is 0. The molecule has 0 aromatic heterocycles. The number of hydrogen-bond acceptors (Lipinski definition) is 5. The van der Waals surface area contributed by atoms with Gasteiger partial charge in [0.05, 0.1) is 6.10 Å². The van der Waals surface area contributed by atoms with Crippen molar-refractivity contribution in [2.75, 3.05) is 13.6 Å². The average Bonchev–Trinajstić information content (AvgIpc) is 3.33. The fraction of sp³-hybridized carbons (Fsp3) is 0.429. The molecule has 3 aliphatic heterocycles. The van der Waals surface area contributed by atoms with Gasteiger partial charge in [0, 0.05) is 5.92 Å². The molecule has 26 heavy (non-hydrogen) atoms. The van der Waals surface area contributed by atoms with Gasteiger partial charge < -0.3 is 23.7 Å². The molecule has 2 aromatic carbocycles. The Bertz CT molecular complexity index is 877. The molecule has 0 amide bonds. The minimum atomic E-state index is -0.117. The summed E-state index contributed by atoms with van der Waals surface area (Å²) >= 11 is 0. The quantitative estimate of drug-likeness (QED) is 0.766. The number of hydrogen-bond donors (Lipinski definition) is 0. The Balaban J connectivity index is 1.49. The van der Waals surface area contributed by atoms with E-state index in [1.54, 1.807) is 0 Å². The van der Waals surface area contributed by atoms with E-state index in [1.807, 2.05) is 12.1 Å². The maximum Gasteiger partial charge on any atom is 0.231 e. The molecule has 3 heterocycles. The van der Waals surface area contributed by atoms with Crippen LogP contribution in [-0.4, -0.2) is 19.7 Å². The van der Waals surface area contributed by atoms with Crippen LogP contribution in [0.2, 0.25) is 0 Å². The van der Waals surface area contributed by atoms with Gasteiger partial charge in [-0.2, -0.15) is 0 Å². The Labute approximate surface area is 151 Å². The van der Waals surface area contributed by atoms with Gasteiger partial charge in [-0.05, 0) is 53.8 Å². The van der Waals surface area contributed by atoms with Crippen molar-refractivity contribution in [3.63, 3.8) is 0 Å². The molecule has 134 valence electrons. The van der Waals surface area contributed by atoms with Gasteiger partial charge >= 0.3 is 0 Å². The predicted molar refractivity (Wildman–Crippen MR) is 93.1 cm³/mol. The van der Waals surface area contributed by atoms with Crippen molar-refractivity contribution in [1.82, 2.24) is 0 Å². The summed E-state index contributed by atoms with van der Waals surface area (Å²) in [7, 11) is 0. The number of rotatable bonds is 1. The van der Waals surface area contributed by atoms with Gasteiger partial charge in [0.25, 0.3) is 0 Å². The highest BCUT2D eigenvalue weighted by atomic mass is 16.7. The minimum Gasteiger partial charge on any atom is -0.454 e. The molecule has 5 heteroatoms. The van der Waals surface area contributed by atoms with Crippen LogP contribution in [0.4, 0.5) is 0 Å². The van der Waals surface area contributed by atoms with Crippen molar-refractivity contribution < 1.29 is 23.7 Å². The largest absolute Gasteiger partial charge is 0.454 e. The summed E-state index contributed by atoms with van der Waals surface area (Å²) in [6, 6.07) is 10.4. The molecule has 1 fully saturated rings. The highest BCUT2D eigenvalue weighted by Gasteiger charge is 2.39. The van der Waals surface area contributed by atoms with E-state index in [9.17, 15) is 0 Å². The standard InChI is InChI=1S/C21H20O5/c1-2-4-16-13(3-1)14-8-19-20(25-11-24-19)9-15(14)21(26-16)12-5-6-17-18(7-12)23-10-22-17/h5-9,13,16,21H,1-4,10-11H2/t13-,16+,21-/m0/s1. The van der Waals surface area contributed by atoms with Crippen molar-refractivity contribution in [3.05, 3.63) is 47.0 Å². The molecule has 0 N–H and O–H groups in total. The van der Waals surface area contributed by atoms with Crippen molar-refractivity contribution >= 4 is 0 Å². The molecule has 3 atom stereocenters. The van der Waals surface area contributed by atoms with Crippen LogP contribution in [0.15, 0.2) is 30.3 Å². The molecule has 6 rings (SSSR count). The molecule has 2 aromatic rings. The summed E-state index contributed by atoms with van der Waals surface area (Å²) in [6.07, 6.45) is 4.91. The Kier molecular flexibility index (Phi) is 3.14. The maximum atomic E-state index is 6.63. The van der Waals surface area contributed by atoms with Crippen LogP contribution in [0.25, 0.3) is 0 Å². The molecule has 4 aliphatic rings. The lowest BCUT2D eigenvalue weighted by atomic mass is 9.76. The SMILES string of the molecule is c1cc2c(cc1[C@@H]1O[C@@H]3CCCC[C@H]3c3cc4c(cc31)OCO4)OCO2. The van der Waals surface area contributed by atoms with Gasteiger partial charge in [-0.3, -0.25) is 0 Å². The Morgan fingerprint density at radius 1 is 0.692 bits per heavy atom. The zero-order valence-electron chi connectivity index (χ0n) is 14.4. The summed E-state index contributed by atoms with van der Waals surface area (Å²) < 4.78 is 28.9. The van der Waals surface area contributed by atoms with Gasteiger partial charge in [-0.15, -0.1) is 0 Å². The first kappa shape index (κ1) is 14.7. The second-order valence-electron chi connectivity index (χ2n) is 7.39. The van der Waals surface area contributed by atoms with E-state index < -0.39 is 0 Å². The molecular weight excluding hydrogens is 332 g/mol. The van der Waals surface area contributed by atoms with Crippen LogP contribution >= 0.6 is 0 Å². The summed E-state index contributed by atoms with van der Waals surface area (Å²) in [5.74, 6) is 3.70. The number of fused-ring (bicyclic) bond motifs is 5. The van der Waals surface area contributed by atoms with Crippen LogP contribution in [0.5, 0.6) is 23.0 Å². The highest BCUT2D eigenvalue weighted by Crippen LogP contribution is 2.51. The minimum absolute atomic E-state index is 0.117. The monoisotopic (exact) mass is 352 g/mol. The van der Waals surface area contributed by atoms with Crippen LogP contribution in [0, 0.1) is 0 Å². The van der Waals surface area contributed by atoms with Crippen molar-refractivity contribution in [3.8, 4) is 23.0 Å². The Hall–Kier alpha value is -2.40. The average molecular weight is 352 g/mol. The van der Waals surface area contributed by atoms with E-state index in [4.69, 9.17) is 23.7 Å². The normalized spacial score (nSPS) is 27.8. The van der Waals surface area contributed by atoms with Crippen LogP contribution < -0.4 is 18.9 Å². The molecule has 0 bridgehead atoms. The Morgan fingerprint density at radius 3 is 2.23 bits per heavy atom. The van der Waals surface area contributed by atoms with Crippen molar-refractivity contribution in [2.45, 2.75) is 43.8 Å². The molecular formula is C21H20O5. The van der Waals surface area contributed by atoms with Crippen LogP contribution in [0.1, 0.15) is 54.4 Å². The van der Waals surface area contributed by atoms with Crippen molar-refractivity contribution in [2.24, 2.45) is 0 Å². The lowest BCUT2D eigenvalue weighted by molar-refractivity contribution is -0.0390. The third-order valence-corrected chi connectivity index (χ3v) is 5.97. The van der Waals surface area contributed by atoms with Gasteiger partial charge in [0.15, 0.2) is 23.0 Å². The first-order valence-corrected chi connectivity index (χ1v) is 9.35. The summed E-state index contributed by atoms with van der Waals surface area (Å²) in [5.41, 5.74) is 3.64. The fourth-order valence-corrected chi connectivity index (χ4v) is 4.72. The third kappa shape index (κ3) is 2.13. The lowest BCUT2D eigenvalue weighted by Crippen LogP contribution is -2.33. The van der Waals surface area contributed by atoms with Crippen LogP contribution in [0.3, 0.4) is 0 Å². The molecule has 1 aliphatic carbocycles. The smallest absolute Gasteiger partial charge is 0.231 e. The molecule has 1 saturated carbocycles. The summed E-state index contributed by atoms with van der Waals surface area (Å²) in [4.78, 5) is 0. The van der Waals surface area contributed by atoms with E-state index in [2.05, 4.69) is 18.2 Å². The molecule has 0 saturated heterocycles. The summed E-state index contributed by atoms with van der Waals surface area (Å²) in [6.45, 7) is 0.576. The molecule has 0 radical (unpaired) electrons. The number of benzene rings is 2.